The van der Waals surface area contributed by atoms with Crippen LogP contribution in [0.4, 0.5) is 0 Å². The lowest BCUT2D eigenvalue weighted by Crippen LogP contribution is -2.00. The summed E-state index contributed by atoms with van der Waals surface area (Å²) in [5, 5.41) is 4.20. The van der Waals surface area contributed by atoms with Crippen LogP contribution in [0.5, 0.6) is 0 Å². The molecule has 0 fully saturated rings. The molecule has 0 bridgehead atoms. The molecular formula is C41H25N5O. The summed E-state index contributed by atoms with van der Waals surface area (Å²) in [4.78, 5) is 24.1. The second-order valence-electron chi connectivity index (χ2n) is 11.4. The van der Waals surface area contributed by atoms with Crippen molar-refractivity contribution in [2.75, 3.05) is 0 Å². The van der Waals surface area contributed by atoms with Gasteiger partial charge >= 0.3 is 0 Å². The Hall–Kier alpha value is -6.53. The van der Waals surface area contributed by atoms with Crippen LogP contribution in [0.25, 0.3) is 89.4 Å². The first-order valence-corrected chi connectivity index (χ1v) is 15.4. The predicted molar refractivity (Wildman–Crippen MR) is 187 cm³/mol. The van der Waals surface area contributed by atoms with Crippen molar-refractivity contribution in [3.63, 3.8) is 0 Å². The van der Waals surface area contributed by atoms with Gasteiger partial charge in [-0.05, 0) is 46.8 Å². The standard InChI is InChI=1S/C41H25N5O/c1-3-10-26(11-4-1)39-44-40(27-12-5-2-6-13-27)46-41(45-39)30-15-9-14-28(22-30)29-18-19-31-25-43-35(24-32(31)23-29)37-38-34(20-21-42-37)33-16-7-8-17-36(33)47-38/h1-25H. The molecule has 6 nitrogen and oxygen atoms in total. The van der Waals surface area contributed by atoms with Gasteiger partial charge in [0.05, 0.1) is 5.69 Å². The first kappa shape index (κ1) is 26.8. The van der Waals surface area contributed by atoms with Gasteiger partial charge in [0.2, 0.25) is 0 Å². The highest BCUT2D eigenvalue weighted by atomic mass is 16.3. The molecule has 6 heteroatoms. The van der Waals surface area contributed by atoms with Crippen LogP contribution in [-0.4, -0.2) is 24.9 Å². The fourth-order valence-corrected chi connectivity index (χ4v) is 6.06. The number of fused-ring (bicyclic) bond motifs is 4. The molecule has 5 aromatic carbocycles. The Balaban J connectivity index is 1.13. The number of hydrogen-bond donors (Lipinski definition) is 0. The first-order valence-electron chi connectivity index (χ1n) is 15.4. The average Bonchev–Trinajstić information content (AvgIpc) is 3.54. The molecule has 0 aliphatic heterocycles. The first-order chi connectivity index (χ1) is 23.3. The zero-order valence-corrected chi connectivity index (χ0v) is 25.1. The third-order valence-corrected chi connectivity index (χ3v) is 8.41. The van der Waals surface area contributed by atoms with Crippen molar-refractivity contribution in [2.24, 2.45) is 0 Å². The number of benzene rings is 5. The molecule has 0 saturated heterocycles. The van der Waals surface area contributed by atoms with Crippen molar-refractivity contribution in [3.05, 3.63) is 152 Å². The van der Waals surface area contributed by atoms with Gasteiger partial charge in [-0.25, -0.2) is 15.0 Å². The van der Waals surface area contributed by atoms with Crippen LogP contribution in [0, 0.1) is 0 Å². The molecule has 0 atom stereocenters. The van der Waals surface area contributed by atoms with Gasteiger partial charge in [0.25, 0.3) is 0 Å². The van der Waals surface area contributed by atoms with Gasteiger partial charge in [0.15, 0.2) is 23.1 Å². The van der Waals surface area contributed by atoms with Gasteiger partial charge in [-0.3, -0.25) is 9.97 Å². The molecule has 9 aromatic rings. The van der Waals surface area contributed by atoms with E-state index < -0.39 is 0 Å². The molecule has 0 amide bonds. The summed E-state index contributed by atoms with van der Waals surface area (Å²) in [5.41, 5.74) is 8.00. The summed E-state index contributed by atoms with van der Waals surface area (Å²) in [6.07, 6.45) is 3.72. The van der Waals surface area contributed by atoms with Crippen molar-refractivity contribution in [1.82, 2.24) is 24.9 Å². The van der Waals surface area contributed by atoms with Gasteiger partial charge in [-0.2, -0.15) is 0 Å². The Kier molecular flexibility index (Phi) is 6.35. The summed E-state index contributed by atoms with van der Waals surface area (Å²) in [6.45, 7) is 0. The molecule has 0 aliphatic carbocycles. The molecule has 47 heavy (non-hydrogen) atoms. The average molecular weight is 604 g/mol. The van der Waals surface area contributed by atoms with Crippen molar-refractivity contribution in [3.8, 4) is 56.7 Å². The van der Waals surface area contributed by atoms with Crippen LogP contribution in [0.2, 0.25) is 0 Å². The minimum absolute atomic E-state index is 0.622. The minimum Gasteiger partial charge on any atom is -0.454 e. The van der Waals surface area contributed by atoms with Crippen molar-refractivity contribution < 1.29 is 4.42 Å². The SMILES string of the molecule is c1ccc(-c2nc(-c3ccccc3)nc(-c3cccc(-c4ccc5cnc(-c6nccc7c6oc6ccccc67)cc5c4)c3)n2)cc1. The fraction of sp³-hybridized carbons (Fsp3) is 0. The maximum Gasteiger partial charge on any atom is 0.164 e. The van der Waals surface area contributed by atoms with E-state index in [1.807, 2.05) is 109 Å². The normalized spacial score (nSPS) is 11.4. The quantitative estimate of drug-likeness (QED) is 0.195. The zero-order chi connectivity index (χ0) is 31.2. The highest BCUT2D eigenvalue weighted by molar-refractivity contribution is 6.08. The number of aromatic nitrogens is 5. The Morgan fingerprint density at radius 3 is 1.83 bits per heavy atom. The molecule has 0 aliphatic rings. The third-order valence-electron chi connectivity index (χ3n) is 8.41. The van der Waals surface area contributed by atoms with Gasteiger partial charge in [-0.1, -0.05) is 109 Å². The van der Waals surface area contributed by atoms with Crippen molar-refractivity contribution in [2.45, 2.75) is 0 Å². The zero-order valence-electron chi connectivity index (χ0n) is 25.1. The van der Waals surface area contributed by atoms with E-state index in [9.17, 15) is 0 Å². The maximum atomic E-state index is 6.25. The number of pyridine rings is 2. The van der Waals surface area contributed by atoms with E-state index in [1.165, 1.54) is 0 Å². The van der Waals surface area contributed by atoms with Crippen molar-refractivity contribution in [1.29, 1.82) is 0 Å². The van der Waals surface area contributed by atoms with Crippen LogP contribution in [0.3, 0.4) is 0 Å². The predicted octanol–water partition coefficient (Wildman–Crippen LogP) is 10.0. The second-order valence-corrected chi connectivity index (χ2v) is 11.4. The fourth-order valence-electron chi connectivity index (χ4n) is 6.06. The smallest absolute Gasteiger partial charge is 0.164 e. The van der Waals surface area contributed by atoms with E-state index in [4.69, 9.17) is 24.4 Å². The maximum absolute atomic E-state index is 6.25. The lowest BCUT2D eigenvalue weighted by Gasteiger charge is -2.10. The summed E-state index contributed by atoms with van der Waals surface area (Å²) >= 11 is 0. The Morgan fingerprint density at radius 2 is 1.06 bits per heavy atom. The van der Waals surface area contributed by atoms with Crippen LogP contribution < -0.4 is 0 Å². The second kappa shape index (κ2) is 11.1. The monoisotopic (exact) mass is 603 g/mol. The molecule has 9 rings (SSSR count). The van der Waals surface area contributed by atoms with Crippen molar-refractivity contribution >= 4 is 32.7 Å². The Bertz CT molecular complexity index is 2520. The van der Waals surface area contributed by atoms with Crippen LogP contribution >= 0.6 is 0 Å². The minimum atomic E-state index is 0.622. The van der Waals surface area contributed by atoms with Gasteiger partial charge in [0, 0.05) is 45.2 Å². The number of rotatable bonds is 5. The summed E-state index contributed by atoms with van der Waals surface area (Å²) in [5.74, 6) is 1.90. The molecule has 0 N–H and O–H groups in total. The summed E-state index contributed by atoms with van der Waals surface area (Å²) < 4.78 is 6.25. The van der Waals surface area contributed by atoms with E-state index in [2.05, 4.69) is 47.4 Å². The molecular weight excluding hydrogens is 578 g/mol. The van der Waals surface area contributed by atoms with Gasteiger partial charge in [0.1, 0.15) is 11.3 Å². The van der Waals surface area contributed by atoms with Crippen LogP contribution in [0.1, 0.15) is 0 Å². The molecule has 0 unspecified atom stereocenters. The number of para-hydroxylation sites is 1. The topological polar surface area (TPSA) is 77.6 Å². The van der Waals surface area contributed by atoms with Gasteiger partial charge < -0.3 is 4.42 Å². The van der Waals surface area contributed by atoms with E-state index in [0.717, 1.165) is 71.9 Å². The summed E-state index contributed by atoms with van der Waals surface area (Å²) in [6, 6.07) is 46.9. The third kappa shape index (κ3) is 4.89. The highest BCUT2D eigenvalue weighted by Gasteiger charge is 2.16. The molecule has 220 valence electrons. The Morgan fingerprint density at radius 1 is 0.426 bits per heavy atom. The van der Waals surface area contributed by atoms with E-state index in [1.54, 1.807) is 0 Å². The molecule has 0 spiro atoms. The lowest BCUT2D eigenvalue weighted by atomic mass is 9.99. The number of nitrogens with zero attached hydrogens (tertiary/aromatic N) is 5. The number of hydrogen-bond acceptors (Lipinski definition) is 6. The van der Waals surface area contributed by atoms with E-state index in [-0.39, 0.29) is 0 Å². The lowest BCUT2D eigenvalue weighted by molar-refractivity contribution is 0.668. The van der Waals surface area contributed by atoms with Gasteiger partial charge in [-0.15, -0.1) is 0 Å². The number of furan rings is 1. The van der Waals surface area contributed by atoms with Crippen LogP contribution in [-0.2, 0) is 0 Å². The van der Waals surface area contributed by atoms with Crippen LogP contribution in [0.15, 0.2) is 156 Å². The van der Waals surface area contributed by atoms with E-state index >= 15 is 0 Å². The summed E-state index contributed by atoms with van der Waals surface area (Å²) in [7, 11) is 0. The molecule has 0 saturated carbocycles. The Labute approximate surface area is 270 Å². The largest absolute Gasteiger partial charge is 0.454 e. The molecule has 0 radical (unpaired) electrons. The highest BCUT2D eigenvalue weighted by Crippen LogP contribution is 2.35. The van der Waals surface area contributed by atoms with E-state index in [0.29, 0.717) is 17.5 Å². The molecule has 4 aromatic heterocycles. The molecule has 4 heterocycles.